The Morgan fingerprint density at radius 1 is 1.25 bits per heavy atom. The number of carbonyl (C=O) groups is 2. The molecule has 1 fully saturated rings. The molecule has 0 aromatic carbocycles. The maximum Gasteiger partial charge on any atom is 0.308 e. The summed E-state index contributed by atoms with van der Waals surface area (Å²) in [6.45, 7) is 5.81. The molecule has 0 aromatic rings. The maximum absolute atomic E-state index is 11.7. The topological polar surface area (TPSA) is 75.6 Å². The Hall–Kier alpha value is -1.10. The number of aliphatic carboxylic acids is 1. The van der Waals surface area contributed by atoms with E-state index in [1.165, 1.54) is 6.42 Å². The number of rotatable bonds is 6. The largest absolute Gasteiger partial charge is 0.481 e. The lowest BCUT2D eigenvalue weighted by atomic mass is 9.80. The van der Waals surface area contributed by atoms with Crippen molar-refractivity contribution in [3.63, 3.8) is 0 Å². The van der Waals surface area contributed by atoms with Crippen LogP contribution in [0.1, 0.15) is 52.9 Å². The van der Waals surface area contributed by atoms with Crippen LogP contribution < -0.4 is 5.32 Å². The van der Waals surface area contributed by atoms with Gasteiger partial charge in [0.25, 0.3) is 0 Å². The standard InChI is InChI=1S/C15H27NO4/c1-15(2,3)20-10-13(17)16-9-12(14(18)19)11-7-5-4-6-8-11/h11-12H,4-10H2,1-3H3,(H,16,17)(H,18,19)/t12-/m0/s1. The molecule has 5 heteroatoms. The van der Waals surface area contributed by atoms with Crippen molar-refractivity contribution < 1.29 is 19.4 Å². The zero-order valence-electron chi connectivity index (χ0n) is 12.8. The monoisotopic (exact) mass is 285 g/mol. The number of carboxylic acids is 1. The molecule has 0 unspecified atom stereocenters. The van der Waals surface area contributed by atoms with Gasteiger partial charge in [-0.25, -0.2) is 0 Å². The van der Waals surface area contributed by atoms with E-state index in [9.17, 15) is 14.7 Å². The number of hydrogen-bond donors (Lipinski definition) is 2. The number of carbonyl (C=O) groups excluding carboxylic acids is 1. The van der Waals surface area contributed by atoms with Gasteiger partial charge >= 0.3 is 5.97 Å². The summed E-state index contributed by atoms with van der Waals surface area (Å²) in [4.78, 5) is 23.0. The molecule has 0 aliphatic heterocycles. The first-order chi connectivity index (χ1) is 9.29. The molecule has 0 heterocycles. The second-order valence-electron chi connectivity index (χ2n) is 6.55. The molecule has 0 bridgehead atoms. The molecule has 1 atom stereocenters. The van der Waals surface area contributed by atoms with Gasteiger partial charge in [-0.15, -0.1) is 0 Å². The Labute approximate surface area is 121 Å². The van der Waals surface area contributed by atoms with Gasteiger partial charge in [-0.3, -0.25) is 9.59 Å². The number of amides is 1. The van der Waals surface area contributed by atoms with Gasteiger partial charge in [-0.1, -0.05) is 19.3 Å². The van der Waals surface area contributed by atoms with Gasteiger partial charge in [-0.05, 0) is 39.5 Å². The number of nitrogens with one attached hydrogen (secondary N) is 1. The highest BCUT2D eigenvalue weighted by Crippen LogP contribution is 2.29. The molecule has 0 spiro atoms. The van der Waals surface area contributed by atoms with Crippen LogP contribution in [0, 0.1) is 11.8 Å². The highest BCUT2D eigenvalue weighted by Gasteiger charge is 2.29. The number of carboxylic acid groups (broad SMARTS) is 1. The van der Waals surface area contributed by atoms with Gasteiger partial charge in [0.15, 0.2) is 0 Å². The van der Waals surface area contributed by atoms with E-state index in [0.717, 1.165) is 25.7 Å². The van der Waals surface area contributed by atoms with Crippen LogP contribution >= 0.6 is 0 Å². The first-order valence-corrected chi connectivity index (χ1v) is 7.43. The van der Waals surface area contributed by atoms with Crippen molar-refractivity contribution in [2.24, 2.45) is 11.8 Å². The molecule has 1 aliphatic rings. The quantitative estimate of drug-likeness (QED) is 0.784. The summed E-state index contributed by atoms with van der Waals surface area (Å²) < 4.78 is 5.37. The molecule has 116 valence electrons. The summed E-state index contributed by atoms with van der Waals surface area (Å²) >= 11 is 0. The van der Waals surface area contributed by atoms with Crippen LogP contribution in [0.25, 0.3) is 0 Å². The van der Waals surface area contributed by atoms with Crippen molar-refractivity contribution in [3.8, 4) is 0 Å². The molecule has 1 amide bonds. The average molecular weight is 285 g/mol. The van der Waals surface area contributed by atoms with Crippen LogP contribution in [0.5, 0.6) is 0 Å². The SMILES string of the molecule is CC(C)(C)OCC(=O)NC[C@H](C(=O)O)C1CCCCC1. The third kappa shape index (κ3) is 6.37. The number of ether oxygens (including phenoxy) is 1. The summed E-state index contributed by atoms with van der Waals surface area (Å²) in [5, 5.41) is 12.0. The first kappa shape index (κ1) is 17.0. The zero-order chi connectivity index (χ0) is 15.2. The Morgan fingerprint density at radius 2 is 1.85 bits per heavy atom. The molecule has 0 radical (unpaired) electrons. The van der Waals surface area contributed by atoms with Crippen LogP contribution in [0.3, 0.4) is 0 Å². The van der Waals surface area contributed by atoms with Crippen molar-refractivity contribution in [1.29, 1.82) is 0 Å². The second-order valence-corrected chi connectivity index (χ2v) is 6.55. The van der Waals surface area contributed by atoms with Crippen molar-refractivity contribution in [2.75, 3.05) is 13.2 Å². The van der Waals surface area contributed by atoms with Crippen molar-refractivity contribution in [1.82, 2.24) is 5.32 Å². The van der Waals surface area contributed by atoms with Gasteiger partial charge in [-0.2, -0.15) is 0 Å². The Balaban J connectivity index is 2.38. The summed E-state index contributed by atoms with van der Waals surface area (Å²) in [5.41, 5.74) is -0.368. The fourth-order valence-electron chi connectivity index (χ4n) is 2.55. The second kappa shape index (κ2) is 7.62. The lowest BCUT2D eigenvalue weighted by Gasteiger charge is -2.27. The van der Waals surface area contributed by atoms with E-state index in [-0.39, 0.29) is 30.6 Å². The molecule has 5 nitrogen and oxygen atoms in total. The van der Waals surface area contributed by atoms with E-state index in [1.54, 1.807) is 0 Å². The molecule has 1 aliphatic carbocycles. The van der Waals surface area contributed by atoms with Gasteiger partial charge in [0.2, 0.25) is 5.91 Å². The molecule has 20 heavy (non-hydrogen) atoms. The number of hydrogen-bond acceptors (Lipinski definition) is 3. The molecular weight excluding hydrogens is 258 g/mol. The normalized spacial score (nSPS) is 18.6. The molecule has 1 saturated carbocycles. The van der Waals surface area contributed by atoms with E-state index in [0.29, 0.717) is 0 Å². The van der Waals surface area contributed by atoms with E-state index in [4.69, 9.17) is 4.74 Å². The fraction of sp³-hybridized carbons (Fsp3) is 0.867. The Bertz CT molecular complexity index is 329. The van der Waals surface area contributed by atoms with E-state index < -0.39 is 11.9 Å². The van der Waals surface area contributed by atoms with E-state index in [2.05, 4.69) is 5.32 Å². The lowest BCUT2D eigenvalue weighted by Crippen LogP contribution is -2.40. The van der Waals surface area contributed by atoms with Crippen molar-refractivity contribution in [2.45, 2.75) is 58.5 Å². The molecule has 2 N–H and O–H groups in total. The van der Waals surface area contributed by atoms with Crippen LogP contribution in [-0.2, 0) is 14.3 Å². The molecule has 1 rings (SSSR count). The smallest absolute Gasteiger partial charge is 0.308 e. The van der Waals surface area contributed by atoms with Gasteiger partial charge in [0.1, 0.15) is 6.61 Å². The van der Waals surface area contributed by atoms with Gasteiger partial charge in [0, 0.05) is 6.54 Å². The highest BCUT2D eigenvalue weighted by atomic mass is 16.5. The minimum atomic E-state index is -0.811. The summed E-state index contributed by atoms with van der Waals surface area (Å²) in [6.07, 6.45) is 5.27. The molecule has 0 aromatic heterocycles. The van der Waals surface area contributed by atoms with Gasteiger partial charge < -0.3 is 15.2 Å². The third-order valence-corrected chi connectivity index (χ3v) is 3.69. The lowest BCUT2D eigenvalue weighted by molar-refractivity contribution is -0.144. The summed E-state index contributed by atoms with van der Waals surface area (Å²) in [5.74, 6) is -1.35. The average Bonchev–Trinajstić information content (AvgIpc) is 2.36. The van der Waals surface area contributed by atoms with E-state index >= 15 is 0 Å². The van der Waals surface area contributed by atoms with Gasteiger partial charge in [0.05, 0.1) is 11.5 Å². The summed E-state index contributed by atoms with van der Waals surface area (Å²) in [6, 6.07) is 0. The third-order valence-electron chi connectivity index (χ3n) is 3.69. The Kier molecular flexibility index (Phi) is 6.46. The fourth-order valence-corrected chi connectivity index (χ4v) is 2.55. The maximum atomic E-state index is 11.7. The van der Waals surface area contributed by atoms with Crippen LogP contribution in [-0.4, -0.2) is 35.7 Å². The predicted molar refractivity (Wildman–Crippen MR) is 76.4 cm³/mol. The van der Waals surface area contributed by atoms with Crippen molar-refractivity contribution in [3.05, 3.63) is 0 Å². The summed E-state index contributed by atoms with van der Waals surface area (Å²) in [7, 11) is 0. The Morgan fingerprint density at radius 3 is 2.35 bits per heavy atom. The van der Waals surface area contributed by atoms with Crippen LogP contribution in [0.15, 0.2) is 0 Å². The zero-order valence-corrected chi connectivity index (χ0v) is 12.8. The molecule has 0 saturated heterocycles. The predicted octanol–water partition coefficient (Wildman–Crippen LogP) is 2.20. The van der Waals surface area contributed by atoms with E-state index in [1.807, 2.05) is 20.8 Å². The minimum Gasteiger partial charge on any atom is -0.481 e. The highest BCUT2D eigenvalue weighted by molar-refractivity contribution is 5.78. The van der Waals surface area contributed by atoms with Crippen LogP contribution in [0.4, 0.5) is 0 Å². The molecular formula is C15H27NO4. The minimum absolute atomic E-state index is 0.0273. The first-order valence-electron chi connectivity index (χ1n) is 7.43. The van der Waals surface area contributed by atoms with Crippen LogP contribution in [0.2, 0.25) is 0 Å². The van der Waals surface area contributed by atoms with Crippen molar-refractivity contribution >= 4 is 11.9 Å².